The van der Waals surface area contributed by atoms with Gasteiger partial charge in [0.25, 0.3) is 0 Å². The predicted octanol–water partition coefficient (Wildman–Crippen LogP) is 3.26. The standard InChI is InChI=1S/C20H34O6/c1-15-7-8-18(13-24-15)14-26-20(22)6-4-3-5-19(21)25-12-17-9-10-23-16(2)11-17/h15-18H,3-14H2,1-2H3. The number of carbonyl (C=O) groups is 2. The van der Waals surface area contributed by atoms with E-state index in [1.807, 2.05) is 0 Å². The molecule has 0 aromatic carbocycles. The minimum absolute atomic E-state index is 0.175. The summed E-state index contributed by atoms with van der Waals surface area (Å²) in [5, 5.41) is 0. The van der Waals surface area contributed by atoms with Crippen molar-refractivity contribution in [1.29, 1.82) is 0 Å². The molecule has 2 heterocycles. The average Bonchev–Trinajstić information content (AvgIpc) is 2.63. The molecule has 2 rings (SSSR count). The van der Waals surface area contributed by atoms with Gasteiger partial charge in [0, 0.05) is 25.4 Å². The van der Waals surface area contributed by atoms with E-state index in [2.05, 4.69) is 13.8 Å². The quantitative estimate of drug-likeness (QED) is 0.458. The van der Waals surface area contributed by atoms with Gasteiger partial charge in [0.2, 0.25) is 0 Å². The Labute approximate surface area is 156 Å². The fourth-order valence-corrected chi connectivity index (χ4v) is 3.42. The van der Waals surface area contributed by atoms with E-state index < -0.39 is 0 Å². The Hall–Kier alpha value is -1.14. The van der Waals surface area contributed by atoms with E-state index in [4.69, 9.17) is 18.9 Å². The summed E-state index contributed by atoms with van der Waals surface area (Å²) in [6.45, 7) is 6.46. The highest BCUT2D eigenvalue weighted by Gasteiger charge is 2.21. The van der Waals surface area contributed by atoms with Crippen LogP contribution >= 0.6 is 0 Å². The third kappa shape index (κ3) is 8.49. The number of hydrogen-bond acceptors (Lipinski definition) is 6. The van der Waals surface area contributed by atoms with E-state index in [9.17, 15) is 9.59 Å². The Morgan fingerprint density at radius 2 is 1.50 bits per heavy atom. The lowest BCUT2D eigenvalue weighted by Gasteiger charge is -2.26. The minimum Gasteiger partial charge on any atom is -0.465 e. The van der Waals surface area contributed by atoms with Gasteiger partial charge < -0.3 is 18.9 Å². The Morgan fingerprint density at radius 1 is 0.846 bits per heavy atom. The van der Waals surface area contributed by atoms with Crippen LogP contribution in [0.3, 0.4) is 0 Å². The second kappa shape index (κ2) is 11.5. The maximum atomic E-state index is 11.8. The molecule has 0 aromatic heterocycles. The summed E-state index contributed by atoms with van der Waals surface area (Å²) in [6, 6.07) is 0. The molecule has 2 saturated heterocycles. The van der Waals surface area contributed by atoms with E-state index in [1.165, 1.54) is 0 Å². The van der Waals surface area contributed by atoms with Gasteiger partial charge in [0.1, 0.15) is 0 Å². The first kappa shape index (κ1) is 21.2. The average molecular weight is 370 g/mol. The summed E-state index contributed by atoms with van der Waals surface area (Å²) in [5.41, 5.74) is 0. The van der Waals surface area contributed by atoms with Gasteiger partial charge >= 0.3 is 11.9 Å². The fraction of sp³-hybridized carbons (Fsp3) is 0.900. The van der Waals surface area contributed by atoms with Gasteiger partial charge in [-0.3, -0.25) is 9.59 Å². The summed E-state index contributed by atoms with van der Waals surface area (Å²) >= 11 is 0. The van der Waals surface area contributed by atoms with Crippen LogP contribution in [0.1, 0.15) is 65.2 Å². The zero-order chi connectivity index (χ0) is 18.8. The molecule has 0 N–H and O–H groups in total. The molecule has 6 heteroatoms. The molecule has 0 amide bonds. The Morgan fingerprint density at radius 3 is 2.08 bits per heavy atom. The first-order chi connectivity index (χ1) is 12.5. The summed E-state index contributed by atoms with van der Waals surface area (Å²) in [5.74, 6) is 0.363. The van der Waals surface area contributed by atoms with Crippen LogP contribution < -0.4 is 0 Å². The molecule has 4 unspecified atom stereocenters. The number of esters is 2. The monoisotopic (exact) mass is 370 g/mol. The second-order valence-corrected chi connectivity index (χ2v) is 7.73. The summed E-state index contributed by atoms with van der Waals surface area (Å²) in [7, 11) is 0. The maximum absolute atomic E-state index is 11.8. The van der Waals surface area contributed by atoms with Crippen molar-refractivity contribution in [2.75, 3.05) is 26.4 Å². The van der Waals surface area contributed by atoms with Crippen molar-refractivity contribution in [3.63, 3.8) is 0 Å². The smallest absolute Gasteiger partial charge is 0.305 e. The van der Waals surface area contributed by atoms with Crippen molar-refractivity contribution >= 4 is 11.9 Å². The third-order valence-electron chi connectivity index (χ3n) is 5.16. The summed E-state index contributed by atoms with van der Waals surface area (Å²) in [4.78, 5) is 23.6. The van der Waals surface area contributed by atoms with Crippen LogP contribution in [0.5, 0.6) is 0 Å². The van der Waals surface area contributed by atoms with E-state index >= 15 is 0 Å². The molecule has 2 aliphatic heterocycles. The second-order valence-electron chi connectivity index (χ2n) is 7.73. The van der Waals surface area contributed by atoms with Gasteiger partial charge in [0.15, 0.2) is 0 Å². The SMILES string of the molecule is CC1CCC(COC(=O)CCCCC(=O)OCC2CCOC(C)C2)CO1. The van der Waals surface area contributed by atoms with Crippen molar-refractivity contribution in [1.82, 2.24) is 0 Å². The molecule has 0 aliphatic carbocycles. The number of carbonyl (C=O) groups excluding carboxylic acids is 2. The number of unbranched alkanes of at least 4 members (excludes halogenated alkanes) is 1. The molecule has 0 saturated carbocycles. The van der Waals surface area contributed by atoms with E-state index in [-0.39, 0.29) is 18.0 Å². The van der Waals surface area contributed by atoms with Gasteiger partial charge in [-0.2, -0.15) is 0 Å². The van der Waals surface area contributed by atoms with Crippen LogP contribution in [0, 0.1) is 11.8 Å². The minimum atomic E-state index is -0.187. The molecular formula is C20H34O6. The van der Waals surface area contributed by atoms with Crippen molar-refractivity contribution in [3.05, 3.63) is 0 Å². The molecule has 0 spiro atoms. The van der Waals surface area contributed by atoms with Crippen LogP contribution in [-0.2, 0) is 28.5 Å². The molecule has 4 atom stereocenters. The van der Waals surface area contributed by atoms with Gasteiger partial charge in [-0.1, -0.05) is 0 Å². The predicted molar refractivity (Wildman–Crippen MR) is 96.7 cm³/mol. The molecular weight excluding hydrogens is 336 g/mol. The van der Waals surface area contributed by atoms with E-state index in [1.54, 1.807) is 0 Å². The lowest BCUT2D eigenvalue weighted by atomic mass is 9.97. The number of rotatable bonds is 9. The third-order valence-corrected chi connectivity index (χ3v) is 5.16. The van der Waals surface area contributed by atoms with Crippen molar-refractivity contribution in [2.24, 2.45) is 11.8 Å². The van der Waals surface area contributed by atoms with Gasteiger partial charge in [-0.05, 0) is 58.3 Å². The molecule has 2 aliphatic rings. The highest BCUT2D eigenvalue weighted by Crippen LogP contribution is 2.21. The molecule has 150 valence electrons. The van der Waals surface area contributed by atoms with E-state index in [0.29, 0.717) is 63.4 Å². The van der Waals surface area contributed by atoms with Crippen molar-refractivity contribution in [2.45, 2.75) is 77.4 Å². The molecule has 2 fully saturated rings. The Bertz CT molecular complexity index is 430. The largest absolute Gasteiger partial charge is 0.465 e. The van der Waals surface area contributed by atoms with Crippen LogP contribution in [0.15, 0.2) is 0 Å². The maximum Gasteiger partial charge on any atom is 0.305 e. The van der Waals surface area contributed by atoms with Crippen LogP contribution in [0.25, 0.3) is 0 Å². The molecule has 0 radical (unpaired) electrons. The van der Waals surface area contributed by atoms with Crippen LogP contribution in [-0.4, -0.2) is 50.6 Å². The topological polar surface area (TPSA) is 71.1 Å². The summed E-state index contributed by atoms with van der Waals surface area (Å²) in [6.07, 6.45) is 6.57. The van der Waals surface area contributed by atoms with Crippen LogP contribution in [0.4, 0.5) is 0 Å². The van der Waals surface area contributed by atoms with Gasteiger partial charge in [-0.25, -0.2) is 0 Å². The Balaban J connectivity index is 1.45. The first-order valence-corrected chi connectivity index (χ1v) is 10.1. The Kier molecular flexibility index (Phi) is 9.40. The highest BCUT2D eigenvalue weighted by atomic mass is 16.5. The van der Waals surface area contributed by atoms with Crippen molar-refractivity contribution < 1.29 is 28.5 Å². The lowest BCUT2D eigenvalue weighted by molar-refractivity contribution is -0.149. The number of hydrogen-bond donors (Lipinski definition) is 0. The summed E-state index contributed by atoms with van der Waals surface area (Å²) < 4.78 is 21.7. The molecule has 0 aromatic rings. The van der Waals surface area contributed by atoms with E-state index in [0.717, 1.165) is 32.3 Å². The van der Waals surface area contributed by atoms with Gasteiger partial charge in [0.05, 0.1) is 32.0 Å². The van der Waals surface area contributed by atoms with Crippen molar-refractivity contribution in [3.8, 4) is 0 Å². The zero-order valence-electron chi connectivity index (χ0n) is 16.2. The number of ether oxygens (including phenoxy) is 4. The highest BCUT2D eigenvalue weighted by molar-refractivity contribution is 5.70. The molecule has 26 heavy (non-hydrogen) atoms. The lowest BCUT2D eigenvalue weighted by Crippen LogP contribution is -2.27. The fourth-order valence-electron chi connectivity index (χ4n) is 3.42. The van der Waals surface area contributed by atoms with Gasteiger partial charge in [-0.15, -0.1) is 0 Å². The normalized spacial score (nSPS) is 29.2. The molecule has 6 nitrogen and oxygen atoms in total. The van der Waals surface area contributed by atoms with Crippen LogP contribution in [0.2, 0.25) is 0 Å². The first-order valence-electron chi connectivity index (χ1n) is 10.1. The zero-order valence-corrected chi connectivity index (χ0v) is 16.2. The molecule has 0 bridgehead atoms.